The van der Waals surface area contributed by atoms with Gasteiger partial charge in [0, 0.05) is 49.5 Å². The molecular formula is C28H35N5OS. The van der Waals surface area contributed by atoms with E-state index in [1.165, 1.54) is 28.2 Å². The lowest BCUT2D eigenvalue weighted by Crippen LogP contribution is -2.39. The smallest absolute Gasteiger partial charge is 0.170 e. The summed E-state index contributed by atoms with van der Waals surface area (Å²) in [4.78, 5) is 9.59. The molecule has 2 atom stereocenters. The van der Waals surface area contributed by atoms with Crippen LogP contribution >= 0.6 is 12.2 Å². The largest absolute Gasteiger partial charge is 0.379 e. The van der Waals surface area contributed by atoms with Crippen LogP contribution in [-0.4, -0.2) is 63.9 Å². The van der Waals surface area contributed by atoms with E-state index >= 15 is 0 Å². The van der Waals surface area contributed by atoms with Gasteiger partial charge in [0.05, 0.1) is 31.0 Å². The highest BCUT2D eigenvalue weighted by Crippen LogP contribution is 2.41. The average Bonchev–Trinajstić information content (AvgIpc) is 3.35. The Labute approximate surface area is 213 Å². The van der Waals surface area contributed by atoms with Crippen molar-refractivity contribution in [1.82, 2.24) is 24.7 Å². The van der Waals surface area contributed by atoms with Crippen LogP contribution in [0.15, 0.2) is 54.7 Å². The molecule has 3 aromatic rings. The minimum Gasteiger partial charge on any atom is -0.379 e. The first-order valence-electron chi connectivity index (χ1n) is 12.6. The van der Waals surface area contributed by atoms with E-state index < -0.39 is 0 Å². The summed E-state index contributed by atoms with van der Waals surface area (Å²) in [5.41, 5.74) is 7.27. The summed E-state index contributed by atoms with van der Waals surface area (Å²) in [5, 5.41) is 4.43. The third kappa shape index (κ3) is 4.99. The number of morpholine rings is 1. The fourth-order valence-electron chi connectivity index (χ4n) is 5.53. The molecule has 1 N–H and O–H groups in total. The van der Waals surface area contributed by atoms with E-state index in [1.807, 2.05) is 12.3 Å². The van der Waals surface area contributed by atoms with Crippen LogP contribution < -0.4 is 5.32 Å². The quantitative estimate of drug-likeness (QED) is 0.494. The maximum absolute atomic E-state index is 5.90. The van der Waals surface area contributed by atoms with Crippen molar-refractivity contribution in [2.45, 2.75) is 39.3 Å². The molecule has 0 radical (unpaired) electrons. The van der Waals surface area contributed by atoms with Gasteiger partial charge in [-0.25, -0.2) is 0 Å². The van der Waals surface area contributed by atoms with Gasteiger partial charge in [0.15, 0.2) is 5.11 Å². The molecule has 4 heterocycles. The van der Waals surface area contributed by atoms with Gasteiger partial charge >= 0.3 is 0 Å². The number of aromatic nitrogens is 2. The summed E-state index contributed by atoms with van der Waals surface area (Å²) in [5.74, 6) is 0. The van der Waals surface area contributed by atoms with Gasteiger partial charge in [-0.15, -0.1) is 0 Å². The minimum atomic E-state index is 0.0125. The van der Waals surface area contributed by atoms with Gasteiger partial charge in [-0.05, 0) is 80.9 Å². The van der Waals surface area contributed by atoms with Gasteiger partial charge in [0.25, 0.3) is 0 Å². The van der Waals surface area contributed by atoms with Gasteiger partial charge < -0.3 is 19.5 Å². The molecule has 0 saturated carbocycles. The fraction of sp³-hybridized carbons (Fsp3) is 0.429. The van der Waals surface area contributed by atoms with Crippen molar-refractivity contribution in [2.75, 3.05) is 39.4 Å². The van der Waals surface area contributed by atoms with Crippen LogP contribution in [0.1, 0.15) is 46.7 Å². The molecule has 2 aliphatic rings. The highest BCUT2D eigenvalue weighted by atomic mass is 32.1. The molecule has 6 nitrogen and oxygen atoms in total. The van der Waals surface area contributed by atoms with Crippen LogP contribution in [0.4, 0.5) is 0 Å². The summed E-state index contributed by atoms with van der Waals surface area (Å²) in [6.07, 6.45) is 2.93. The van der Waals surface area contributed by atoms with E-state index in [0.717, 1.165) is 56.6 Å². The Balaban J connectivity index is 1.47. The summed E-state index contributed by atoms with van der Waals surface area (Å²) in [6.45, 7) is 12.2. The Morgan fingerprint density at radius 2 is 1.86 bits per heavy atom. The number of pyridine rings is 1. The predicted octanol–water partition coefficient (Wildman–Crippen LogP) is 4.49. The van der Waals surface area contributed by atoms with Crippen molar-refractivity contribution >= 4 is 17.3 Å². The minimum absolute atomic E-state index is 0.0125. The lowest BCUT2D eigenvalue weighted by atomic mass is 9.96. The zero-order valence-corrected chi connectivity index (χ0v) is 21.7. The summed E-state index contributed by atoms with van der Waals surface area (Å²) < 4.78 is 7.88. The first-order valence-corrected chi connectivity index (χ1v) is 13.0. The fourth-order valence-corrected chi connectivity index (χ4v) is 5.86. The summed E-state index contributed by atoms with van der Waals surface area (Å²) >= 11 is 5.90. The first-order chi connectivity index (χ1) is 17.0. The molecule has 7 heteroatoms. The molecule has 2 aromatic heterocycles. The Bertz CT molecular complexity index is 1170. The number of thiocarbonyl (C=S) groups is 1. The lowest BCUT2D eigenvalue weighted by Gasteiger charge is -2.30. The molecule has 1 aromatic carbocycles. The number of hydrogen-bond donors (Lipinski definition) is 1. The van der Waals surface area contributed by atoms with Crippen molar-refractivity contribution in [3.8, 4) is 5.69 Å². The second-order valence-electron chi connectivity index (χ2n) is 9.63. The maximum atomic E-state index is 5.90. The SMILES string of the molecule is Cc1cccc(-n2c(C)cc([C@@H]3[C@H](c4ccccn4)NC(=S)N3CCCN3CCOCC3)c2C)c1. The molecular weight excluding hydrogens is 454 g/mol. The number of aryl methyl sites for hydroxylation is 2. The summed E-state index contributed by atoms with van der Waals surface area (Å²) in [6, 6.07) is 17.3. The predicted molar refractivity (Wildman–Crippen MR) is 144 cm³/mol. The number of rotatable bonds is 7. The number of ether oxygens (including phenoxy) is 1. The Hall–Kier alpha value is -2.74. The third-order valence-electron chi connectivity index (χ3n) is 7.22. The van der Waals surface area contributed by atoms with E-state index in [-0.39, 0.29) is 12.1 Å². The van der Waals surface area contributed by atoms with Crippen molar-refractivity contribution < 1.29 is 4.74 Å². The normalized spacial score (nSPS) is 20.9. The molecule has 0 aliphatic carbocycles. The Kier molecular flexibility index (Phi) is 7.18. The molecule has 0 unspecified atom stereocenters. The number of benzene rings is 1. The van der Waals surface area contributed by atoms with Crippen LogP contribution in [0, 0.1) is 20.8 Å². The van der Waals surface area contributed by atoms with Crippen molar-refractivity contribution in [3.63, 3.8) is 0 Å². The van der Waals surface area contributed by atoms with E-state index in [2.05, 4.69) is 82.9 Å². The van der Waals surface area contributed by atoms with Gasteiger partial charge in [-0.1, -0.05) is 18.2 Å². The zero-order valence-electron chi connectivity index (χ0n) is 20.9. The lowest BCUT2D eigenvalue weighted by molar-refractivity contribution is 0.0365. The molecule has 2 aliphatic heterocycles. The molecule has 0 spiro atoms. The van der Waals surface area contributed by atoms with Crippen LogP contribution in [0.3, 0.4) is 0 Å². The van der Waals surface area contributed by atoms with Crippen molar-refractivity contribution in [1.29, 1.82) is 0 Å². The van der Waals surface area contributed by atoms with Gasteiger partial charge in [0.1, 0.15) is 0 Å². The number of hydrogen-bond acceptors (Lipinski definition) is 4. The third-order valence-corrected chi connectivity index (χ3v) is 7.58. The van der Waals surface area contributed by atoms with Crippen LogP contribution in [0.25, 0.3) is 5.69 Å². The van der Waals surface area contributed by atoms with Crippen LogP contribution in [-0.2, 0) is 4.74 Å². The van der Waals surface area contributed by atoms with Crippen LogP contribution in [0.2, 0.25) is 0 Å². The highest BCUT2D eigenvalue weighted by molar-refractivity contribution is 7.80. The Morgan fingerprint density at radius 1 is 1.03 bits per heavy atom. The van der Waals surface area contributed by atoms with E-state index in [4.69, 9.17) is 21.9 Å². The molecule has 0 bridgehead atoms. The van der Waals surface area contributed by atoms with E-state index in [1.54, 1.807) is 0 Å². The molecule has 2 fully saturated rings. The van der Waals surface area contributed by atoms with E-state index in [0.29, 0.717) is 0 Å². The Morgan fingerprint density at radius 3 is 2.60 bits per heavy atom. The molecule has 2 saturated heterocycles. The second kappa shape index (κ2) is 10.5. The molecule has 184 valence electrons. The first kappa shape index (κ1) is 24.0. The monoisotopic (exact) mass is 489 g/mol. The highest BCUT2D eigenvalue weighted by Gasteiger charge is 2.41. The number of nitrogens with one attached hydrogen (secondary N) is 1. The molecule has 0 amide bonds. The van der Waals surface area contributed by atoms with Gasteiger partial charge in [-0.2, -0.15) is 0 Å². The van der Waals surface area contributed by atoms with Gasteiger partial charge in [0.2, 0.25) is 0 Å². The number of nitrogens with zero attached hydrogens (tertiary/aromatic N) is 4. The summed E-state index contributed by atoms with van der Waals surface area (Å²) in [7, 11) is 0. The van der Waals surface area contributed by atoms with Crippen molar-refractivity contribution in [3.05, 3.63) is 82.9 Å². The standard InChI is InChI=1S/C28H35N5OS/c1-20-8-6-9-23(18-20)33-21(2)19-24(22(33)3)27-26(25-10-4-5-11-29-25)30-28(35)32(27)13-7-12-31-14-16-34-17-15-31/h4-6,8-11,18-19,26-27H,7,12-17H2,1-3H3,(H,30,35)/t26-,27+/m0/s1. The van der Waals surface area contributed by atoms with Crippen LogP contribution in [0.5, 0.6) is 0 Å². The second-order valence-corrected chi connectivity index (χ2v) is 10.0. The van der Waals surface area contributed by atoms with Gasteiger partial charge in [-0.3, -0.25) is 9.88 Å². The topological polar surface area (TPSA) is 45.6 Å². The molecule has 5 rings (SSSR count). The molecule has 35 heavy (non-hydrogen) atoms. The van der Waals surface area contributed by atoms with Crippen molar-refractivity contribution in [2.24, 2.45) is 0 Å². The van der Waals surface area contributed by atoms with E-state index in [9.17, 15) is 0 Å². The zero-order chi connectivity index (χ0) is 24.4. The maximum Gasteiger partial charge on any atom is 0.170 e. The average molecular weight is 490 g/mol.